The molecule has 0 aliphatic carbocycles. The summed E-state index contributed by atoms with van der Waals surface area (Å²) in [6.07, 6.45) is 3.07. The maximum atomic E-state index is 12.2. The first-order valence-electron chi connectivity index (χ1n) is 8.53. The van der Waals surface area contributed by atoms with Gasteiger partial charge in [-0.25, -0.2) is 4.79 Å². The molecule has 6 nitrogen and oxygen atoms in total. The molecule has 0 saturated heterocycles. The van der Waals surface area contributed by atoms with Gasteiger partial charge in [-0.05, 0) is 35.4 Å². The van der Waals surface area contributed by atoms with E-state index < -0.39 is 6.03 Å². The Morgan fingerprint density at radius 3 is 2.77 bits per heavy atom. The molecule has 2 aromatic heterocycles. The molecule has 0 saturated carbocycles. The Hall–Kier alpha value is -2.80. The second kappa shape index (κ2) is 8.53. The Morgan fingerprint density at radius 2 is 2.00 bits per heavy atom. The molecule has 0 bridgehead atoms. The molecule has 0 aliphatic heterocycles. The lowest BCUT2D eigenvalue weighted by atomic mass is 10.1. The fraction of sp³-hybridized carbons (Fsp3) is 0.263. The summed E-state index contributed by atoms with van der Waals surface area (Å²) in [5.74, 6) is -0.102. The van der Waals surface area contributed by atoms with Crippen LogP contribution in [0.3, 0.4) is 0 Å². The Balaban J connectivity index is 1.46. The van der Waals surface area contributed by atoms with Gasteiger partial charge in [0.05, 0.1) is 12.5 Å². The Labute approximate surface area is 156 Å². The molecule has 7 heteroatoms. The summed E-state index contributed by atoms with van der Waals surface area (Å²) in [6, 6.07) is 13.1. The minimum Gasteiger partial charge on any atom is -0.356 e. The number of nitrogens with one attached hydrogen (secondary N) is 2. The predicted octanol–water partition coefficient (Wildman–Crippen LogP) is 3.01. The molecule has 0 aliphatic rings. The van der Waals surface area contributed by atoms with E-state index in [1.54, 1.807) is 0 Å². The van der Waals surface area contributed by atoms with Gasteiger partial charge in [-0.15, -0.1) is 11.3 Å². The average Bonchev–Trinajstić information content (AvgIpc) is 3.28. The largest absolute Gasteiger partial charge is 0.356 e. The van der Waals surface area contributed by atoms with Gasteiger partial charge in [0.15, 0.2) is 0 Å². The third kappa shape index (κ3) is 4.64. The molecule has 136 valence electrons. The number of urea groups is 1. The molecular weight excluding hydrogens is 348 g/mol. The van der Waals surface area contributed by atoms with Crippen molar-refractivity contribution in [3.05, 3.63) is 58.9 Å². The summed E-state index contributed by atoms with van der Waals surface area (Å²) in [6.45, 7) is 1.42. The van der Waals surface area contributed by atoms with Crippen LogP contribution >= 0.6 is 11.3 Å². The summed E-state index contributed by atoms with van der Waals surface area (Å²) >= 11 is 1.49. The number of carbonyl (C=O) groups is 2. The molecule has 26 heavy (non-hydrogen) atoms. The van der Waals surface area contributed by atoms with Crippen molar-refractivity contribution < 1.29 is 9.59 Å². The first-order chi connectivity index (χ1) is 12.6. The number of aryl methyl sites for hydroxylation is 1. The van der Waals surface area contributed by atoms with Gasteiger partial charge < -0.3 is 20.9 Å². The highest BCUT2D eigenvalue weighted by Crippen LogP contribution is 2.21. The fourth-order valence-electron chi connectivity index (χ4n) is 2.95. The number of para-hydroxylation sites is 1. The zero-order chi connectivity index (χ0) is 18.4. The molecule has 0 radical (unpaired) electrons. The van der Waals surface area contributed by atoms with E-state index in [-0.39, 0.29) is 18.4 Å². The number of nitrogens with zero attached hydrogens (tertiary/aromatic N) is 1. The van der Waals surface area contributed by atoms with Crippen LogP contribution in [0, 0.1) is 0 Å². The van der Waals surface area contributed by atoms with E-state index in [1.165, 1.54) is 22.2 Å². The van der Waals surface area contributed by atoms with E-state index >= 15 is 0 Å². The van der Waals surface area contributed by atoms with Crippen molar-refractivity contribution in [3.63, 3.8) is 0 Å². The number of aromatic nitrogens is 1. The molecule has 1 aromatic carbocycles. The predicted molar refractivity (Wildman–Crippen MR) is 104 cm³/mol. The van der Waals surface area contributed by atoms with Crippen LogP contribution in [0.2, 0.25) is 0 Å². The summed E-state index contributed by atoms with van der Waals surface area (Å²) in [7, 11) is 0. The van der Waals surface area contributed by atoms with Gasteiger partial charge in [-0.1, -0.05) is 24.3 Å². The van der Waals surface area contributed by atoms with Crippen molar-refractivity contribution in [1.29, 1.82) is 0 Å². The number of primary amides is 1. The van der Waals surface area contributed by atoms with Crippen LogP contribution in [0.4, 0.5) is 4.79 Å². The number of carbonyl (C=O) groups excluding carboxylic acids is 2. The van der Waals surface area contributed by atoms with Gasteiger partial charge in [-0.2, -0.15) is 0 Å². The SMILES string of the molecule is NC(=O)NC(CC(=O)NCCCn1ccc2ccccc21)c1cccs1. The quantitative estimate of drug-likeness (QED) is 0.532. The van der Waals surface area contributed by atoms with Crippen molar-refractivity contribution in [1.82, 2.24) is 15.2 Å². The second-order valence-corrected chi connectivity index (χ2v) is 7.03. The first-order valence-corrected chi connectivity index (χ1v) is 9.41. The van der Waals surface area contributed by atoms with Crippen LogP contribution in [0.25, 0.3) is 10.9 Å². The van der Waals surface area contributed by atoms with Crippen LogP contribution in [0.15, 0.2) is 54.0 Å². The number of fused-ring (bicyclic) bond motifs is 1. The number of thiophene rings is 1. The zero-order valence-corrected chi connectivity index (χ0v) is 15.2. The smallest absolute Gasteiger partial charge is 0.312 e. The van der Waals surface area contributed by atoms with E-state index in [0.29, 0.717) is 6.54 Å². The number of benzene rings is 1. The lowest BCUT2D eigenvalue weighted by Gasteiger charge is -2.16. The molecule has 4 N–H and O–H groups in total. The highest BCUT2D eigenvalue weighted by Gasteiger charge is 2.18. The summed E-state index contributed by atoms with van der Waals surface area (Å²) in [5.41, 5.74) is 6.41. The van der Waals surface area contributed by atoms with Gasteiger partial charge in [-0.3, -0.25) is 4.79 Å². The highest BCUT2D eigenvalue weighted by molar-refractivity contribution is 7.10. The van der Waals surface area contributed by atoms with Crippen LogP contribution in [-0.2, 0) is 11.3 Å². The van der Waals surface area contributed by atoms with Crippen molar-refractivity contribution in [2.45, 2.75) is 25.4 Å². The van der Waals surface area contributed by atoms with E-state index in [2.05, 4.69) is 39.6 Å². The number of hydrogen-bond acceptors (Lipinski definition) is 3. The summed E-state index contributed by atoms with van der Waals surface area (Å²) in [5, 5.41) is 8.67. The van der Waals surface area contributed by atoms with E-state index in [4.69, 9.17) is 5.73 Å². The van der Waals surface area contributed by atoms with Crippen molar-refractivity contribution in [2.75, 3.05) is 6.54 Å². The summed E-state index contributed by atoms with van der Waals surface area (Å²) < 4.78 is 2.19. The van der Waals surface area contributed by atoms with E-state index in [9.17, 15) is 9.59 Å². The molecule has 0 fully saturated rings. The molecule has 1 atom stereocenters. The Kier molecular flexibility index (Phi) is 5.91. The van der Waals surface area contributed by atoms with Crippen LogP contribution < -0.4 is 16.4 Å². The zero-order valence-electron chi connectivity index (χ0n) is 14.4. The van der Waals surface area contributed by atoms with E-state index in [1.807, 2.05) is 29.6 Å². The maximum absolute atomic E-state index is 12.2. The topological polar surface area (TPSA) is 89.2 Å². The maximum Gasteiger partial charge on any atom is 0.312 e. The normalized spacial score (nSPS) is 12.0. The van der Waals surface area contributed by atoms with Crippen LogP contribution in [-0.4, -0.2) is 23.1 Å². The number of rotatable bonds is 8. The lowest BCUT2D eigenvalue weighted by Crippen LogP contribution is -2.36. The summed E-state index contributed by atoms with van der Waals surface area (Å²) in [4.78, 5) is 24.3. The number of nitrogens with two attached hydrogens (primary N) is 1. The van der Waals surface area contributed by atoms with Crippen LogP contribution in [0.1, 0.15) is 23.8 Å². The lowest BCUT2D eigenvalue weighted by molar-refractivity contribution is -0.121. The standard InChI is InChI=1S/C19H22N4O2S/c20-19(25)22-15(17-7-3-12-26-17)13-18(24)21-9-4-10-23-11-8-14-5-1-2-6-16(14)23/h1-3,5-8,11-12,15H,4,9-10,13H2,(H,21,24)(H3,20,22,25). The number of amides is 3. The van der Waals surface area contributed by atoms with Crippen LogP contribution in [0.5, 0.6) is 0 Å². The molecule has 1 unspecified atom stereocenters. The van der Waals surface area contributed by atoms with E-state index in [0.717, 1.165) is 17.8 Å². The average molecular weight is 370 g/mol. The van der Waals surface area contributed by atoms with Gasteiger partial charge in [0.25, 0.3) is 0 Å². The monoisotopic (exact) mass is 370 g/mol. The molecular formula is C19H22N4O2S. The minimum atomic E-state index is -0.629. The molecule has 3 aromatic rings. The Bertz CT molecular complexity index is 873. The van der Waals surface area contributed by atoms with Gasteiger partial charge >= 0.3 is 6.03 Å². The molecule has 0 spiro atoms. The Morgan fingerprint density at radius 1 is 1.15 bits per heavy atom. The fourth-order valence-corrected chi connectivity index (χ4v) is 3.73. The third-order valence-corrected chi connectivity index (χ3v) is 5.16. The third-order valence-electron chi connectivity index (χ3n) is 4.17. The molecule has 3 amide bonds. The van der Waals surface area contributed by atoms with Crippen molar-refractivity contribution >= 4 is 34.2 Å². The number of hydrogen-bond donors (Lipinski definition) is 3. The van der Waals surface area contributed by atoms with Crippen molar-refractivity contribution in [2.24, 2.45) is 5.73 Å². The highest BCUT2D eigenvalue weighted by atomic mass is 32.1. The minimum absolute atomic E-state index is 0.102. The van der Waals surface area contributed by atoms with Gasteiger partial charge in [0.2, 0.25) is 5.91 Å². The van der Waals surface area contributed by atoms with Gasteiger partial charge in [0.1, 0.15) is 0 Å². The van der Waals surface area contributed by atoms with Crippen molar-refractivity contribution in [3.8, 4) is 0 Å². The second-order valence-electron chi connectivity index (χ2n) is 6.05. The molecule has 3 rings (SSSR count). The molecule has 2 heterocycles. The first kappa shape index (κ1) is 18.0. The van der Waals surface area contributed by atoms with Gasteiger partial charge in [0, 0.05) is 29.7 Å².